The number of ether oxygens (including phenoxy) is 2. The van der Waals surface area contributed by atoms with Crippen molar-refractivity contribution in [1.82, 2.24) is 5.32 Å². The van der Waals surface area contributed by atoms with Gasteiger partial charge in [-0.3, -0.25) is 10.1 Å². The molecule has 0 bridgehead atoms. The summed E-state index contributed by atoms with van der Waals surface area (Å²) in [5.74, 6) is 0.486. The zero-order valence-corrected chi connectivity index (χ0v) is 12.5. The van der Waals surface area contributed by atoms with Gasteiger partial charge in [0.25, 0.3) is 0 Å². The maximum absolute atomic E-state index is 8.58. The van der Waals surface area contributed by atoms with E-state index in [1.165, 1.54) is 0 Å². The van der Waals surface area contributed by atoms with Crippen molar-refractivity contribution in [2.45, 2.75) is 70.7 Å². The van der Waals surface area contributed by atoms with Gasteiger partial charge in [-0.1, -0.05) is 13.8 Å². The Bertz CT molecular complexity index is 324. The molecule has 3 unspecified atom stereocenters. The van der Waals surface area contributed by atoms with Crippen molar-refractivity contribution in [2.24, 2.45) is 17.4 Å². The number of hydrogen-bond acceptors (Lipinski definition) is 5. The van der Waals surface area contributed by atoms with E-state index in [-0.39, 0.29) is 36.1 Å². The number of fused-ring (bicyclic) bond motifs is 2. The highest BCUT2D eigenvalue weighted by Crippen LogP contribution is 2.54. The average Bonchev–Trinajstić information content (AvgIpc) is 2.90. The van der Waals surface area contributed by atoms with Gasteiger partial charge >= 0.3 is 0 Å². The van der Waals surface area contributed by atoms with Gasteiger partial charge in [0.05, 0.1) is 5.60 Å². The summed E-state index contributed by atoms with van der Waals surface area (Å²) < 4.78 is 11.8. The molecule has 112 valence electrons. The van der Waals surface area contributed by atoms with Crippen LogP contribution >= 0.6 is 0 Å². The highest BCUT2D eigenvalue weighted by Gasteiger charge is 2.65. The Hall–Kier alpha value is -0.690. The van der Waals surface area contributed by atoms with Crippen molar-refractivity contribution in [3.63, 3.8) is 0 Å². The second-order valence-corrected chi connectivity index (χ2v) is 5.61. The SMILES string of the molecule is CC.CC1(C)N[C@@H]2OC3(C)C[C@@H]3C(N)C2O1.NC=O. The summed E-state index contributed by atoms with van der Waals surface area (Å²) >= 11 is 0. The van der Waals surface area contributed by atoms with Crippen LogP contribution in [0.5, 0.6) is 0 Å². The molecule has 19 heavy (non-hydrogen) atoms. The molecule has 0 aromatic carbocycles. The van der Waals surface area contributed by atoms with Crippen LogP contribution in [0.2, 0.25) is 0 Å². The van der Waals surface area contributed by atoms with Gasteiger partial charge < -0.3 is 20.9 Å². The minimum absolute atomic E-state index is 0.0113. The van der Waals surface area contributed by atoms with Gasteiger partial charge in [0, 0.05) is 12.0 Å². The average molecular weight is 273 g/mol. The molecular weight excluding hydrogens is 246 g/mol. The van der Waals surface area contributed by atoms with E-state index in [0.717, 1.165) is 6.42 Å². The summed E-state index contributed by atoms with van der Waals surface area (Å²) in [5.41, 5.74) is 10.0. The van der Waals surface area contributed by atoms with Crippen LogP contribution < -0.4 is 16.8 Å². The number of primary amides is 1. The van der Waals surface area contributed by atoms with Crippen LogP contribution in [-0.2, 0) is 14.3 Å². The summed E-state index contributed by atoms with van der Waals surface area (Å²) in [6.07, 6.45) is 1.32. The predicted molar refractivity (Wildman–Crippen MR) is 73.0 cm³/mol. The third kappa shape index (κ3) is 3.25. The fraction of sp³-hybridized carbons (Fsp3) is 0.923. The molecule has 0 radical (unpaired) electrons. The van der Waals surface area contributed by atoms with Gasteiger partial charge in [-0.05, 0) is 27.2 Å². The maximum atomic E-state index is 8.58. The number of rotatable bonds is 0. The van der Waals surface area contributed by atoms with Crippen LogP contribution in [0.15, 0.2) is 0 Å². The summed E-state index contributed by atoms with van der Waals surface area (Å²) in [7, 11) is 0. The van der Waals surface area contributed by atoms with Crippen LogP contribution in [0.25, 0.3) is 0 Å². The molecule has 3 rings (SSSR count). The van der Waals surface area contributed by atoms with Gasteiger partial charge in [-0.2, -0.15) is 0 Å². The fourth-order valence-electron chi connectivity index (χ4n) is 2.81. The minimum Gasteiger partial charge on any atom is -0.372 e. The van der Waals surface area contributed by atoms with Crippen molar-refractivity contribution in [3.8, 4) is 0 Å². The van der Waals surface area contributed by atoms with E-state index in [1.54, 1.807) is 0 Å². The van der Waals surface area contributed by atoms with Crippen molar-refractivity contribution < 1.29 is 14.3 Å². The van der Waals surface area contributed by atoms with Gasteiger partial charge in [0.2, 0.25) is 6.41 Å². The lowest BCUT2D eigenvalue weighted by molar-refractivity contribution is -0.119. The first-order chi connectivity index (χ1) is 8.83. The standard InChI is InChI=1S/C10H18N2O2.C2H6.CH3NO/c1-9(2)12-8-7(13-9)6(11)5-4-10(5,3)14-8;1-2;2-1-3/h5-8,12H,4,11H2,1-3H3;1-2H3;1H,(H2,2,3)/t5-,6?,7?,8-,10?;;/m1../s1. The predicted octanol–water partition coefficient (Wildman–Crippen LogP) is 0.301. The quantitative estimate of drug-likeness (QED) is 0.551. The van der Waals surface area contributed by atoms with Gasteiger partial charge in [0.1, 0.15) is 18.1 Å². The first-order valence-electron chi connectivity index (χ1n) is 6.87. The van der Waals surface area contributed by atoms with Crippen LogP contribution in [0.1, 0.15) is 41.0 Å². The Kier molecular flexibility index (Phi) is 4.95. The highest BCUT2D eigenvalue weighted by atomic mass is 16.6. The number of carbonyl (C=O) groups excluding carboxylic acids is 1. The van der Waals surface area contributed by atoms with E-state index in [1.807, 2.05) is 27.7 Å². The molecule has 3 fully saturated rings. The van der Waals surface area contributed by atoms with E-state index < -0.39 is 0 Å². The lowest BCUT2D eigenvalue weighted by Gasteiger charge is -2.33. The normalized spacial score (nSPS) is 44.5. The smallest absolute Gasteiger partial charge is 0.204 e. The number of nitrogens with two attached hydrogens (primary N) is 2. The molecule has 0 spiro atoms. The highest BCUT2D eigenvalue weighted by molar-refractivity contribution is 5.42. The molecule has 2 aliphatic heterocycles. The molecule has 2 saturated heterocycles. The van der Waals surface area contributed by atoms with Crippen molar-refractivity contribution >= 4 is 6.41 Å². The maximum Gasteiger partial charge on any atom is 0.204 e. The zero-order chi connectivity index (χ0) is 14.8. The number of amides is 1. The molecule has 1 saturated carbocycles. The molecular formula is C13H27N3O3. The van der Waals surface area contributed by atoms with Gasteiger partial charge in [0.15, 0.2) is 0 Å². The lowest BCUT2D eigenvalue weighted by Crippen LogP contribution is -2.54. The number of hydrogen-bond donors (Lipinski definition) is 3. The first kappa shape index (κ1) is 16.4. The molecule has 5 N–H and O–H groups in total. The monoisotopic (exact) mass is 273 g/mol. The Morgan fingerprint density at radius 3 is 2.32 bits per heavy atom. The minimum atomic E-state index is -0.305. The van der Waals surface area contributed by atoms with Crippen LogP contribution in [0.3, 0.4) is 0 Å². The van der Waals surface area contributed by atoms with Gasteiger partial charge in [-0.25, -0.2) is 0 Å². The van der Waals surface area contributed by atoms with Crippen molar-refractivity contribution in [3.05, 3.63) is 0 Å². The molecule has 1 amide bonds. The summed E-state index contributed by atoms with van der Waals surface area (Å²) in [4.78, 5) is 8.58. The molecule has 1 aliphatic carbocycles. The van der Waals surface area contributed by atoms with E-state index in [0.29, 0.717) is 5.92 Å². The van der Waals surface area contributed by atoms with Crippen LogP contribution in [0, 0.1) is 5.92 Å². The molecule has 2 heterocycles. The Labute approximate surface area is 115 Å². The second kappa shape index (κ2) is 5.75. The second-order valence-electron chi connectivity index (χ2n) is 5.61. The van der Waals surface area contributed by atoms with Crippen molar-refractivity contribution in [2.75, 3.05) is 0 Å². The van der Waals surface area contributed by atoms with Gasteiger partial charge in [-0.15, -0.1) is 0 Å². The molecule has 6 nitrogen and oxygen atoms in total. The third-order valence-corrected chi connectivity index (χ3v) is 3.71. The Morgan fingerprint density at radius 2 is 1.79 bits per heavy atom. The van der Waals surface area contributed by atoms with Crippen LogP contribution in [0.4, 0.5) is 0 Å². The van der Waals surface area contributed by atoms with Crippen molar-refractivity contribution in [1.29, 1.82) is 0 Å². The van der Waals surface area contributed by atoms with E-state index in [9.17, 15) is 0 Å². The van der Waals surface area contributed by atoms with E-state index in [2.05, 4.69) is 18.0 Å². The molecule has 0 aromatic rings. The zero-order valence-electron chi connectivity index (χ0n) is 12.5. The molecule has 3 aliphatic rings. The van der Waals surface area contributed by atoms with Crippen LogP contribution in [-0.4, -0.2) is 36.1 Å². The Balaban J connectivity index is 0.000000321. The molecule has 6 heteroatoms. The molecule has 0 aromatic heterocycles. The summed E-state index contributed by atoms with van der Waals surface area (Å²) in [5, 5.41) is 3.32. The fourth-order valence-corrected chi connectivity index (χ4v) is 2.81. The summed E-state index contributed by atoms with van der Waals surface area (Å²) in [6, 6.07) is 0.119. The molecule has 5 atom stereocenters. The largest absolute Gasteiger partial charge is 0.372 e. The number of nitrogens with one attached hydrogen (secondary N) is 1. The van der Waals surface area contributed by atoms with E-state index in [4.69, 9.17) is 20.0 Å². The Morgan fingerprint density at radius 1 is 1.26 bits per heavy atom. The topological polar surface area (TPSA) is 99.6 Å². The lowest BCUT2D eigenvalue weighted by atomic mass is 10.0. The third-order valence-electron chi connectivity index (χ3n) is 3.71. The number of carbonyl (C=O) groups is 1. The first-order valence-corrected chi connectivity index (χ1v) is 6.87. The summed E-state index contributed by atoms with van der Waals surface area (Å²) in [6.45, 7) is 10.2. The van der Waals surface area contributed by atoms with E-state index >= 15 is 0 Å².